The number of piperazine rings is 1. The van der Waals surface area contributed by atoms with Crippen LogP contribution in [0.15, 0.2) is 18.2 Å². The Labute approximate surface area is 132 Å². The van der Waals surface area contributed by atoms with E-state index in [0.29, 0.717) is 44.3 Å². The van der Waals surface area contributed by atoms with Gasteiger partial charge in [-0.3, -0.25) is 4.79 Å². The maximum Gasteiger partial charge on any atom is 0.236 e. The summed E-state index contributed by atoms with van der Waals surface area (Å²) in [5.41, 5.74) is 1.66. The second kappa shape index (κ2) is 7.09. The lowest BCUT2D eigenvalue weighted by atomic mass is 10.0. The normalized spacial score (nSPS) is 15.8. The molecule has 5 heteroatoms. The number of halogens is 1. The SMILES string of the molecule is CC(C)c1ccc(N2CCN(C(=O)CN(C)C)CC2)c(F)c1. The first kappa shape index (κ1) is 16.7. The van der Waals surface area contributed by atoms with Gasteiger partial charge in [0.2, 0.25) is 5.91 Å². The molecule has 1 heterocycles. The van der Waals surface area contributed by atoms with Gasteiger partial charge in [0.25, 0.3) is 0 Å². The Balaban J connectivity index is 1.98. The fourth-order valence-corrected chi connectivity index (χ4v) is 2.71. The van der Waals surface area contributed by atoms with Gasteiger partial charge < -0.3 is 14.7 Å². The highest BCUT2D eigenvalue weighted by molar-refractivity contribution is 5.78. The predicted molar refractivity (Wildman–Crippen MR) is 87.8 cm³/mol. The fourth-order valence-electron chi connectivity index (χ4n) is 2.71. The van der Waals surface area contributed by atoms with E-state index in [-0.39, 0.29) is 11.7 Å². The van der Waals surface area contributed by atoms with Gasteiger partial charge in [-0.2, -0.15) is 0 Å². The lowest BCUT2D eigenvalue weighted by molar-refractivity contribution is -0.132. The van der Waals surface area contributed by atoms with Crippen LogP contribution in [0.1, 0.15) is 25.3 Å². The van der Waals surface area contributed by atoms with E-state index in [1.165, 1.54) is 0 Å². The summed E-state index contributed by atoms with van der Waals surface area (Å²) < 4.78 is 14.3. The van der Waals surface area contributed by atoms with Crippen LogP contribution < -0.4 is 4.90 Å². The van der Waals surface area contributed by atoms with E-state index in [0.717, 1.165) is 5.56 Å². The van der Waals surface area contributed by atoms with Crippen LogP contribution in [-0.2, 0) is 4.79 Å². The number of likely N-dealkylation sites (N-methyl/N-ethyl adjacent to an activating group) is 1. The number of hydrogen-bond donors (Lipinski definition) is 0. The van der Waals surface area contributed by atoms with Gasteiger partial charge in [-0.1, -0.05) is 19.9 Å². The highest BCUT2D eigenvalue weighted by Gasteiger charge is 2.23. The van der Waals surface area contributed by atoms with Gasteiger partial charge in [-0.25, -0.2) is 4.39 Å². The molecule has 0 spiro atoms. The predicted octanol–water partition coefficient (Wildman–Crippen LogP) is 2.16. The zero-order chi connectivity index (χ0) is 16.3. The molecule has 2 rings (SSSR count). The number of benzene rings is 1. The van der Waals surface area contributed by atoms with E-state index < -0.39 is 0 Å². The molecule has 1 amide bonds. The van der Waals surface area contributed by atoms with Gasteiger partial charge in [0.05, 0.1) is 12.2 Å². The summed E-state index contributed by atoms with van der Waals surface area (Å²) in [6.07, 6.45) is 0. The van der Waals surface area contributed by atoms with Crippen molar-refractivity contribution in [3.8, 4) is 0 Å². The number of rotatable bonds is 4. The summed E-state index contributed by atoms with van der Waals surface area (Å²) >= 11 is 0. The molecular weight excluding hydrogens is 281 g/mol. The molecule has 1 aliphatic rings. The van der Waals surface area contributed by atoms with Crippen molar-refractivity contribution in [1.29, 1.82) is 0 Å². The smallest absolute Gasteiger partial charge is 0.236 e. The summed E-state index contributed by atoms with van der Waals surface area (Å²) in [7, 11) is 3.78. The second-order valence-electron chi connectivity index (χ2n) is 6.47. The van der Waals surface area contributed by atoms with E-state index in [2.05, 4.69) is 13.8 Å². The van der Waals surface area contributed by atoms with Crippen molar-refractivity contribution in [1.82, 2.24) is 9.80 Å². The highest BCUT2D eigenvalue weighted by atomic mass is 19.1. The molecule has 0 radical (unpaired) electrons. The largest absolute Gasteiger partial charge is 0.366 e. The number of nitrogens with zero attached hydrogens (tertiary/aromatic N) is 3. The molecule has 0 aliphatic carbocycles. The third-order valence-electron chi connectivity index (χ3n) is 4.06. The van der Waals surface area contributed by atoms with Gasteiger partial charge in [0.15, 0.2) is 0 Å². The standard InChI is InChI=1S/C17H26FN3O/c1-13(2)14-5-6-16(15(18)11-14)20-7-9-21(10-8-20)17(22)12-19(3)4/h5-6,11,13H,7-10,12H2,1-4H3. The van der Waals surface area contributed by atoms with Crippen LogP contribution in [-0.4, -0.2) is 62.5 Å². The third-order valence-corrected chi connectivity index (χ3v) is 4.06. The average molecular weight is 307 g/mol. The lowest BCUT2D eigenvalue weighted by Crippen LogP contribution is -2.51. The van der Waals surface area contributed by atoms with Crippen molar-refractivity contribution in [3.63, 3.8) is 0 Å². The van der Waals surface area contributed by atoms with Crippen molar-refractivity contribution in [2.45, 2.75) is 19.8 Å². The maximum absolute atomic E-state index is 14.3. The van der Waals surface area contributed by atoms with Crippen molar-refractivity contribution < 1.29 is 9.18 Å². The van der Waals surface area contributed by atoms with E-state index in [9.17, 15) is 9.18 Å². The Morgan fingerprint density at radius 1 is 1.23 bits per heavy atom. The lowest BCUT2D eigenvalue weighted by Gasteiger charge is -2.36. The first-order valence-electron chi connectivity index (χ1n) is 7.85. The van der Waals surface area contributed by atoms with Crippen LogP contribution in [0.4, 0.5) is 10.1 Å². The Morgan fingerprint density at radius 3 is 2.36 bits per heavy atom. The minimum atomic E-state index is -0.167. The molecule has 4 nitrogen and oxygen atoms in total. The topological polar surface area (TPSA) is 26.8 Å². The second-order valence-corrected chi connectivity index (χ2v) is 6.47. The minimum Gasteiger partial charge on any atom is -0.366 e. The quantitative estimate of drug-likeness (QED) is 0.853. The number of anilines is 1. The molecule has 0 atom stereocenters. The monoisotopic (exact) mass is 307 g/mol. The van der Waals surface area contributed by atoms with Crippen molar-refractivity contribution in [3.05, 3.63) is 29.6 Å². The molecule has 1 fully saturated rings. The molecule has 22 heavy (non-hydrogen) atoms. The zero-order valence-corrected chi connectivity index (χ0v) is 14.0. The van der Waals surface area contributed by atoms with Gasteiger partial charge in [0, 0.05) is 26.2 Å². The Hall–Kier alpha value is -1.62. The molecule has 0 N–H and O–H groups in total. The Bertz CT molecular complexity index is 523. The average Bonchev–Trinajstić information content (AvgIpc) is 2.46. The molecule has 122 valence electrons. The first-order valence-corrected chi connectivity index (χ1v) is 7.85. The molecule has 0 saturated carbocycles. The van der Waals surface area contributed by atoms with Crippen LogP contribution in [0.25, 0.3) is 0 Å². The van der Waals surface area contributed by atoms with Gasteiger partial charge in [-0.05, 0) is 37.7 Å². The zero-order valence-electron chi connectivity index (χ0n) is 14.0. The summed E-state index contributed by atoms with van der Waals surface area (Å²) in [4.78, 5) is 17.8. The van der Waals surface area contributed by atoms with Crippen molar-refractivity contribution in [2.75, 3.05) is 51.7 Å². The molecule has 1 saturated heterocycles. The van der Waals surface area contributed by atoms with Gasteiger partial charge in [-0.15, -0.1) is 0 Å². The van der Waals surface area contributed by atoms with E-state index in [1.807, 2.05) is 40.9 Å². The molecule has 0 aromatic heterocycles. The Kier molecular flexibility index (Phi) is 5.40. The molecule has 1 aromatic carbocycles. The van der Waals surface area contributed by atoms with Crippen molar-refractivity contribution >= 4 is 11.6 Å². The van der Waals surface area contributed by atoms with Crippen molar-refractivity contribution in [2.24, 2.45) is 0 Å². The summed E-state index contributed by atoms with van der Waals surface area (Å²) in [6.45, 7) is 7.20. The third kappa shape index (κ3) is 3.97. The summed E-state index contributed by atoms with van der Waals surface area (Å²) in [5, 5.41) is 0. The number of hydrogen-bond acceptors (Lipinski definition) is 3. The van der Waals surface area contributed by atoms with Gasteiger partial charge in [0.1, 0.15) is 5.82 Å². The number of carbonyl (C=O) groups excluding carboxylic acids is 1. The van der Waals surface area contributed by atoms with Gasteiger partial charge >= 0.3 is 0 Å². The fraction of sp³-hybridized carbons (Fsp3) is 0.588. The Morgan fingerprint density at radius 2 is 1.86 bits per heavy atom. The minimum absolute atomic E-state index is 0.139. The highest BCUT2D eigenvalue weighted by Crippen LogP contribution is 2.25. The summed E-state index contributed by atoms with van der Waals surface area (Å²) in [5.74, 6) is 0.295. The molecule has 1 aliphatic heterocycles. The van der Waals surface area contributed by atoms with E-state index in [1.54, 1.807) is 6.07 Å². The van der Waals surface area contributed by atoms with Crippen LogP contribution in [0.2, 0.25) is 0 Å². The van der Waals surface area contributed by atoms with Crippen LogP contribution in [0, 0.1) is 5.82 Å². The van der Waals surface area contributed by atoms with Crippen LogP contribution >= 0.6 is 0 Å². The molecule has 0 bridgehead atoms. The molecular formula is C17H26FN3O. The first-order chi connectivity index (χ1) is 10.4. The number of carbonyl (C=O) groups is 1. The van der Waals surface area contributed by atoms with E-state index in [4.69, 9.17) is 0 Å². The summed E-state index contributed by atoms with van der Waals surface area (Å²) in [6, 6.07) is 5.48. The molecule has 1 aromatic rings. The van der Waals surface area contributed by atoms with Crippen LogP contribution in [0.3, 0.4) is 0 Å². The number of amides is 1. The molecule has 0 unspecified atom stereocenters. The van der Waals surface area contributed by atoms with E-state index >= 15 is 0 Å². The van der Waals surface area contributed by atoms with Crippen LogP contribution in [0.5, 0.6) is 0 Å². The maximum atomic E-state index is 14.3.